The van der Waals surface area contributed by atoms with Gasteiger partial charge in [0, 0.05) is 13.2 Å². The summed E-state index contributed by atoms with van der Waals surface area (Å²) in [6.45, 7) is -0.949. The number of hydrogen-bond donors (Lipinski definition) is 2. The lowest BCUT2D eigenvalue weighted by Crippen LogP contribution is -2.14. The van der Waals surface area contributed by atoms with Crippen LogP contribution in [0.1, 0.15) is 24.8 Å². The molecule has 0 heterocycles. The number of benzene rings is 1. The van der Waals surface area contributed by atoms with Gasteiger partial charge in [-0.25, -0.2) is 0 Å². The molecule has 0 saturated carbocycles. The summed E-state index contributed by atoms with van der Waals surface area (Å²) >= 11 is 0. The zero-order valence-electron chi connectivity index (χ0n) is 10.2. The van der Waals surface area contributed by atoms with Crippen molar-refractivity contribution >= 4 is 0 Å². The zero-order valence-corrected chi connectivity index (χ0v) is 10.2. The molecule has 0 saturated heterocycles. The number of aliphatic hydroxyl groups is 1. The fraction of sp³-hybridized carbons (Fsp3) is 0.538. The Balaban J connectivity index is 2.18. The molecule has 3 nitrogen and oxygen atoms in total. The van der Waals surface area contributed by atoms with Crippen LogP contribution in [0.5, 0.6) is 5.75 Å². The third kappa shape index (κ3) is 6.51. The van der Waals surface area contributed by atoms with E-state index in [4.69, 9.17) is 5.11 Å². The molecule has 0 fully saturated rings. The molecule has 0 atom stereocenters. The van der Waals surface area contributed by atoms with Gasteiger partial charge in [0.2, 0.25) is 0 Å². The van der Waals surface area contributed by atoms with Gasteiger partial charge in [0.25, 0.3) is 0 Å². The Morgan fingerprint density at radius 3 is 2.44 bits per heavy atom. The Labute approximate surface area is 106 Å². The zero-order chi connectivity index (χ0) is 13.2. The molecule has 0 bridgehead atoms. The van der Waals surface area contributed by atoms with Crippen LogP contribution >= 0.6 is 0 Å². The lowest BCUT2D eigenvalue weighted by Gasteiger charge is -2.07. The molecule has 0 aliphatic heterocycles. The second-order valence-electron chi connectivity index (χ2n) is 3.98. The molecule has 2 N–H and O–H groups in total. The molecule has 0 aliphatic carbocycles. The number of rotatable bonds is 9. The summed E-state index contributed by atoms with van der Waals surface area (Å²) in [4.78, 5) is 0. The van der Waals surface area contributed by atoms with Gasteiger partial charge in [-0.05, 0) is 43.5 Å². The van der Waals surface area contributed by atoms with E-state index in [1.165, 1.54) is 12.1 Å². The van der Waals surface area contributed by atoms with Gasteiger partial charge < -0.3 is 15.2 Å². The number of aliphatic hydroxyl groups excluding tert-OH is 1. The van der Waals surface area contributed by atoms with E-state index in [9.17, 15) is 8.78 Å². The van der Waals surface area contributed by atoms with Crippen molar-refractivity contribution in [3.8, 4) is 5.75 Å². The van der Waals surface area contributed by atoms with Gasteiger partial charge >= 0.3 is 6.61 Å². The van der Waals surface area contributed by atoms with Crippen molar-refractivity contribution in [2.24, 2.45) is 0 Å². The summed E-state index contributed by atoms with van der Waals surface area (Å²) in [7, 11) is 0. The van der Waals surface area contributed by atoms with Gasteiger partial charge in [-0.1, -0.05) is 12.1 Å². The summed E-state index contributed by atoms with van der Waals surface area (Å²) in [5, 5.41) is 11.9. The maximum atomic E-state index is 11.9. The molecular weight excluding hydrogens is 240 g/mol. The highest BCUT2D eigenvalue weighted by Gasteiger charge is 2.03. The van der Waals surface area contributed by atoms with E-state index in [1.54, 1.807) is 12.1 Å². The first-order valence-corrected chi connectivity index (χ1v) is 6.07. The number of nitrogens with one attached hydrogen (secondary N) is 1. The number of alkyl halides is 2. The standard InChI is InChI=1S/C13H19F2NO2/c14-13(15)18-12-6-4-11(5-7-12)10-16-8-2-1-3-9-17/h4-7,13,16-17H,1-3,8-10H2. The minimum absolute atomic E-state index is 0.177. The molecule has 0 aromatic heterocycles. The molecule has 102 valence electrons. The first kappa shape index (κ1) is 14.9. The molecule has 1 rings (SSSR count). The fourth-order valence-corrected chi connectivity index (χ4v) is 1.56. The molecular formula is C13H19F2NO2. The van der Waals surface area contributed by atoms with Gasteiger partial charge in [0.1, 0.15) is 5.75 Å². The minimum atomic E-state index is -2.78. The lowest BCUT2D eigenvalue weighted by molar-refractivity contribution is -0.0498. The molecule has 5 heteroatoms. The van der Waals surface area contributed by atoms with Crippen molar-refractivity contribution < 1.29 is 18.6 Å². The van der Waals surface area contributed by atoms with Crippen molar-refractivity contribution in [3.63, 3.8) is 0 Å². The highest BCUT2D eigenvalue weighted by Crippen LogP contribution is 2.14. The largest absolute Gasteiger partial charge is 0.435 e. The number of hydrogen-bond acceptors (Lipinski definition) is 3. The fourth-order valence-electron chi connectivity index (χ4n) is 1.56. The van der Waals surface area contributed by atoms with Crippen LogP contribution in [0.3, 0.4) is 0 Å². The number of halogens is 2. The van der Waals surface area contributed by atoms with E-state index in [1.807, 2.05) is 0 Å². The van der Waals surface area contributed by atoms with Crippen LogP contribution in [0.4, 0.5) is 8.78 Å². The molecule has 0 aliphatic rings. The van der Waals surface area contributed by atoms with E-state index in [-0.39, 0.29) is 12.4 Å². The van der Waals surface area contributed by atoms with Crippen LogP contribution in [-0.4, -0.2) is 24.9 Å². The normalized spacial score (nSPS) is 10.9. The Kier molecular flexibility index (Phi) is 7.29. The van der Waals surface area contributed by atoms with Crippen LogP contribution in [-0.2, 0) is 6.54 Å². The monoisotopic (exact) mass is 259 g/mol. The maximum absolute atomic E-state index is 11.9. The van der Waals surface area contributed by atoms with Crippen molar-refractivity contribution in [1.82, 2.24) is 5.32 Å². The first-order valence-electron chi connectivity index (χ1n) is 6.07. The molecule has 1 aromatic carbocycles. The molecule has 0 spiro atoms. The van der Waals surface area contributed by atoms with E-state index in [0.717, 1.165) is 31.4 Å². The van der Waals surface area contributed by atoms with Crippen molar-refractivity contribution in [3.05, 3.63) is 29.8 Å². The van der Waals surface area contributed by atoms with Crippen molar-refractivity contribution in [2.45, 2.75) is 32.4 Å². The lowest BCUT2D eigenvalue weighted by atomic mass is 10.2. The Bertz CT molecular complexity index is 317. The van der Waals surface area contributed by atoms with E-state index >= 15 is 0 Å². The smallest absolute Gasteiger partial charge is 0.387 e. The van der Waals surface area contributed by atoms with Gasteiger partial charge in [0.05, 0.1) is 0 Å². The first-order chi connectivity index (χ1) is 8.72. The van der Waals surface area contributed by atoms with Crippen LogP contribution in [0.2, 0.25) is 0 Å². The van der Waals surface area contributed by atoms with E-state index in [0.29, 0.717) is 6.54 Å². The highest BCUT2D eigenvalue weighted by atomic mass is 19.3. The molecule has 18 heavy (non-hydrogen) atoms. The average Bonchev–Trinajstić information content (AvgIpc) is 2.35. The quantitative estimate of drug-likeness (QED) is 0.670. The summed E-state index contributed by atoms with van der Waals surface area (Å²) < 4.78 is 28.1. The van der Waals surface area contributed by atoms with E-state index in [2.05, 4.69) is 10.1 Å². The maximum Gasteiger partial charge on any atom is 0.387 e. The Morgan fingerprint density at radius 1 is 1.11 bits per heavy atom. The van der Waals surface area contributed by atoms with Gasteiger partial charge in [-0.15, -0.1) is 0 Å². The highest BCUT2D eigenvalue weighted by molar-refractivity contribution is 5.27. The molecule has 0 unspecified atom stereocenters. The topological polar surface area (TPSA) is 41.5 Å². The predicted octanol–water partition coefficient (Wildman–Crippen LogP) is 2.54. The number of unbranched alkanes of at least 4 members (excludes halogenated alkanes) is 2. The third-order valence-corrected chi connectivity index (χ3v) is 2.49. The van der Waals surface area contributed by atoms with Crippen molar-refractivity contribution in [2.75, 3.05) is 13.2 Å². The summed E-state index contributed by atoms with van der Waals surface area (Å²) in [5.74, 6) is 0.177. The van der Waals surface area contributed by atoms with E-state index < -0.39 is 6.61 Å². The molecule has 0 radical (unpaired) electrons. The van der Waals surface area contributed by atoms with Crippen molar-refractivity contribution in [1.29, 1.82) is 0 Å². The van der Waals surface area contributed by atoms with Gasteiger partial charge in [-0.2, -0.15) is 8.78 Å². The van der Waals surface area contributed by atoms with Crippen LogP contribution in [0, 0.1) is 0 Å². The average molecular weight is 259 g/mol. The van der Waals surface area contributed by atoms with Crippen LogP contribution in [0.25, 0.3) is 0 Å². The summed E-state index contributed by atoms with van der Waals surface area (Å²) in [5.41, 5.74) is 1.03. The third-order valence-electron chi connectivity index (χ3n) is 2.49. The second kappa shape index (κ2) is 8.83. The Morgan fingerprint density at radius 2 is 1.83 bits per heavy atom. The van der Waals surface area contributed by atoms with Gasteiger partial charge in [0.15, 0.2) is 0 Å². The molecule has 0 amide bonds. The van der Waals surface area contributed by atoms with Crippen LogP contribution < -0.4 is 10.1 Å². The Hall–Kier alpha value is -1.20. The predicted molar refractivity (Wildman–Crippen MR) is 65.7 cm³/mol. The second-order valence-corrected chi connectivity index (χ2v) is 3.98. The molecule has 1 aromatic rings. The SMILES string of the molecule is OCCCCCNCc1ccc(OC(F)F)cc1. The van der Waals surface area contributed by atoms with Crippen LogP contribution in [0.15, 0.2) is 24.3 Å². The summed E-state index contributed by atoms with van der Waals surface area (Å²) in [6, 6.07) is 6.60. The summed E-state index contributed by atoms with van der Waals surface area (Å²) in [6.07, 6.45) is 2.86. The minimum Gasteiger partial charge on any atom is -0.435 e. The number of ether oxygens (including phenoxy) is 1. The van der Waals surface area contributed by atoms with Gasteiger partial charge in [-0.3, -0.25) is 0 Å².